The third kappa shape index (κ3) is 4.33. The van der Waals surface area contributed by atoms with Gasteiger partial charge in [0.15, 0.2) is 11.9 Å². The van der Waals surface area contributed by atoms with E-state index >= 15 is 0 Å². The molecule has 2 aromatic rings. The minimum Gasteiger partial charge on any atom is -0.449 e. The number of carbonyl (C=O) groups excluding carboxylic acids is 2. The second-order valence-electron chi connectivity index (χ2n) is 6.40. The number of nitrogens with zero attached hydrogens (tertiary/aromatic N) is 2. The molecule has 9 nitrogen and oxygen atoms in total. The van der Waals surface area contributed by atoms with Crippen LogP contribution in [0.1, 0.15) is 35.9 Å². The summed E-state index contributed by atoms with van der Waals surface area (Å²) in [4.78, 5) is 24.6. The number of rotatable bonds is 6. The molecule has 0 aliphatic carbocycles. The summed E-state index contributed by atoms with van der Waals surface area (Å²) in [6, 6.07) is 7.63. The number of amides is 1. The van der Waals surface area contributed by atoms with Gasteiger partial charge in [-0.2, -0.15) is 0 Å². The molecule has 28 heavy (non-hydrogen) atoms. The molecule has 1 saturated heterocycles. The molecule has 1 aromatic heterocycles. The number of aryl methyl sites for hydroxylation is 1. The molecule has 0 spiro atoms. The van der Waals surface area contributed by atoms with Crippen molar-refractivity contribution in [3.8, 4) is 0 Å². The molecule has 0 saturated carbocycles. The predicted octanol–water partition coefficient (Wildman–Crippen LogP) is 2.10. The van der Waals surface area contributed by atoms with Gasteiger partial charge in [-0.05, 0) is 44.0 Å². The van der Waals surface area contributed by atoms with Crippen molar-refractivity contribution in [1.29, 1.82) is 0 Å². The number of aromatic nitrogens is 1. The van der Waals surface area contributed by atoms with Crippen LogP contribution in [0, 0.1) is 6.92 Å². The van der Waals surface area contributed by atoms with E-state index in [-0.39, 0.29) is 23.6 Å². The van der Waals surface area contributed by atoms with Crippen molar-refractivity contribution in [2.24, 2.45) is 0 Å². The van der Waals surface area contributed by atoms with Gasteiger partial charge in [-0.3, -0.25) is 9.10 Å². The number of anilines is 2. The molecule has 3 rings (SSSR count). The van der Waals surface area contributed by atoms with E-state index in [1.165, 1.54) is 16.4 Å². The normalized spacial score (nSPS) is 16.6. The molecule has 10 heteroatoms. The molecule has 1 aromatic carbocycles. The minimum atomic E-state index is -3.28. The predicted molar refractivity (Wildman–Crippen MR) is 102 cm³/mol. The largest absolute Gasteiger partial charge is 0.449 e. The van der Waals surface area contributed by atoms with Crippen LogP contribution in [0.25, 0.3) is 0 Å². The molecule has 1 aliphatic heterocycles. The Labute approximate surface area is 162 Å². The average molecular weight is 407 g/mol. The Balaban J connectivity index is 1.65. The van der Waals surface area contributed by atoms with Gasteiger partial charge in [0.05, 0.1) is 17.0 Å². The zero-order valence-corrected chi connectivity index (χ0v) is 16.4. The second kappa shape index (κ2) is 8.01. The maximum absolute atomic E-state index is 12.4. The van der Waals surface area contributed by atoms with Crippen molar-refractivity contribution in [2.45, 2.75) is 32.8 Å². The van der Waals surface area contributed by atoms with Crippen LogP contribution >= 0.6 is 0 Å². The first-order chi connectivity index (χ1) is 13.3. The van der Waals surface area contributed by atoms with Gasteiger partial charge in [0, 0.05) is 12.6 Å². The quantitative estimate of drug-likeness (QED) is 0.728. The Hall–Kier alpha value is -2.88. The van der Waals surface area contributed by atoms with Crippen LogP contribution in [0.4, 0.5) is 11.5 Å². The molecular weight excluding hydrogens is 386 g/mol. The Bertz CT molecular complexity index is 967. The molecule has 1 fully saturated rings. The number of nitrogens with one attached hydrogen (secondary N) is 1. The fraction of sp³-hybridized carbons (Fsp3) is 0.389. The summed E-state index contributed by atoms with van der Waals surface area (Å²) < 4.78 is 35.4. The van der Waals surface area contributed by atoms with Gasteiger partial charge in [0.1, 0.15) is 5.76 Å². The van der Waals surface area contributed by atoms with Crippen molar-refractivity contribution in [3.63, 3.8) is 0 Å². The zero-order chi connectivity index (χ0) is 20.3. The highest BCUT2D eigenvalue weighted by molar-refractivity contribution is 7.93. The summed E-state index contributed by atoms with van der Waals surface area (Å²) in [7, 11) is -3.28. The summed E-state index contributed by atoms with van der Waals surface area (Å²) in [5.74, 6) is -0.276. The van der Waals surface area contributed by atoms with Crippen molar-refractivity contribution in [3.05, 3.63) is 41.7 Å². The monoisotopic (exact) mass is 407 g/mol. The molecule has 150 valence electrons. The summed E-state index contributed by atoms with van der Waals surface area (Å²) in [6.45, 7) is 3.83. The minimum absolute atomic E-state index is 0.120. The van der Waals surface area contributed by atoms with Gasteiger partial charge in [0.2, 0.25) is 10.0 Å². The molecule has 2 heterocycles. The van der Waals surface area contributed by atoms with Gasteiger partial charge in [-0.25, -0.2) is 13.2 Å². The van der Waals surface area contributed by atoms with Crippen molar-refractivity contribution >= 4 is 33.4 Å². The highest BCUT2D eigenvalue weighted by Gasteiger charge is 2.29. The fourth-order valence-corrected chi connectivity index (χ4v) is 4.41. The van der Waals surface area contributed by atoms with Crippen LogP contribution < -0.4 is 9.62 Å². The summed E-state index contributed by atoms with van der Waals surface area (Å²) in [5, 5.41) is 6.20. The van der Waals surface area contributed by atoms with Crippen LogP contribution in [0.5, 0.6) is 0 Å². The van der Waals surface area contributed by atoms with Crippen LogP contribution in [-0.4, -0.2) is 43.9 Å². The number of hydrogen-bond donors (Lipinski definition) is 1. The van der Waals surface area contributed by atoms with E-state index in [1.807, 2.05) is 0 Å². The van der Waals surface area contributed by atoms with Crippen LogP contribution in [0.15, 0.2) is 34.9 Å². The lowest BCUT2D eigenvalue weighted by Crippen LogP contribution is -2.32. The lowest BCUT2D eigenvalue weighted by molar-refractivity contribution is -0.124. The highest BCUT2D eigenvalue weighted by atomic mass is 32.2. The van der Waals surface area contributed by atoms with Crippen molar-refractivity contribution in [2.75, 3.05) is 21.9 Å². The Kier molecular flexibility index (Phi) is 5.68. The average Bonchev–Trinajstić information content (AvgIpc) is 3.23. The van der Waals surface area contributed by atoms with Gasteiger partial charge in [0.25, 0.3) is 5.91 Å². The van der Waals surface area contributed by atoms with Gasteiger partial charge in [-0.15, -0.1) is 0 Å². The number of carbonyl (C=O) groups is 2. The number of esters is 1. The van der Waals surface area contributed by atoms with E-state index in [9.17, 15) is 18.0 Å². The molecule has 1 amide bonds. The molecule has 0 bridgehead atoms. The number of sulfonamides is 1. The number of hydrogen-bond acceptors (Lipinski definition) is 7. The summed E-state index contributed by atoms with van der Waals surface area (Å²) in [6.07, 6.45) is -0.147. The van der Waals surface area contributed by atoms with Gasteiger partial charge >= 0.3 is 5.97 Å². The smallest absolute Gasteiger partial charge is 0.338 e. The standard InChI is InChI=1S/C18H21N3O6S/c1-3-15(17(22)19-16-11-12(2)27-20-16)26-18(23)13-5-7-14(8-6-13)21-9-4-10-28(21,24)25/h5-8,11,15H,3-4,9-10H2,1-2H3,(H,19,20,22)/t15-/m1/s1. The molecule has 1 aliphatic rings. The third-order valence-electron chi connectivity index (χ3n) is 4.28. The van der Waals surface area contributed by atoms with Gasteiger partial charge < -0.3 is 14.6 Å². The maximum atomic E-state index is 12.4. The van der Waals surface area contributed by atoms with E-state index in [4.69, 9.17) is 9.26 Å². The molecule has 1 atom stereocenters. The van der Waals surface area contributed by atoms with Crippen LogP contribution in [0.3, 0.4) is 0 Å². The van der Waals surface area contributed by atoms with E-state index in [0.717, 1.165) is 0 Å². The lowest BCUT2D eigenvalue weighted by Gasteiger charge is -2.18. The molecule has 0 unspecified atom stereocenters. The van der Waals surface area contributed by atoms with Crippen molar-refractivity contribution < 1.29 is 27.3 Å². The topological polar surface area (TPSA) is 119 Å². The first-order valence-electron chi connectivity index (χ1n) is 8.86. The Morgan fingerprint density at radius 1 is 1.32 bits per heavy atom. The second-order valence-corrected chi connectivity index (χ2v) is 8.42. The first kappa shape index (κ1) is 19.9. The highest BCUT2D eigenvalue weighted by Crippen LogP contribution is 2.24. The zero-order valence-electron chi connectivity index (χ0n) is 15.5. The van der Waals surface area contributed by atoms with E-state index in [0.29, 0.717) is 24.4 Å². The third-order valence-corrected chi connectivity index (χ3v) is 6.15. The molecular formula is C18H21N3O6S. The van der Waals surface area contributed by atoms with E-state index in [2.05, 4.69) is 10.5 Å². The fourth-order valence-electron chi connectivity index (χ4n) is 2.84. The first-order valence-corrected chi connectivity index (χ1v) is 10.5. The SMILES string of the molecule is CC[C@@H](OC(=O)c1ccc(N2CCCS2(=O)=O)cc1)C(=O)Nc1cc(C)on1. The van der Waals surface area contributed by atoms with E-state index < -0.39 is 28.0 Å². The van der Waals surface area contributed by atoms with Crippen LogP contribution in [0.2, 0.25) is 0 Å². The Morgan fingerprint density at radius 3 is 2.57 bits per heavy atom. The summed E-state index contributed by atoms with van der Waals surface area (Å²) >= 11 is 0. The maximum Gasteiger partial charge on any atom is 0.338 e. The lowest BCUT2D eigenvalue weighted by atomic mass is 10.2. The molecule has 1 N–H and O–H groups in total. The van der Waals surface area contributed by atoms with E-state index in [1.54, 1.807) is 32.0 Å². The molecule has 0 radical (unpaired) electrons. The van der Waals surface area contributed by atoms with Gasteiger partial charge in [-0.1, -0.05) is 12.1 Å². The number of benzene rings is 1. The Morgan fingerprint density at radius 2 is 2.04 bits per heavy atom. The van der Waals surface area contributed by atoms with Crippen LogP contribution in [-0.2, 0) is 19.6 Å². The summed E-state index contributed by atoms with van der Waals surface area (Å²) in [5.41, 5.74) is 0.726. The number of ether oxygens (including phenoxy) is 1. The van der Waals surface area contributed by atoms with Crippen molar-refractivity contribution in [1.82, 2.24) is 5.16 Å².